The molecule has 0 aliphatic rings. The van der Waals surface area contributed by atoms with Crippen LogP contribution in [0.3, 0.4) is 0 Å². The van der Waals surface area contributed by atoms with Crippen molar-refractivity contribution in [3.63, 3.8) is 0 Å². The van der Waals surface area contributed by atoms with Gasteiger partial charge in [-0.3, -0.25) is 14.2 Å². The Morgan fingerprint density at radius 2 is 2.16 bits per heavy atom. The zero-order chi connectivity index (χ0) is 14.0. The Morgan fingerprint density at radius 1 is 1.42 bits per heavy atom. The van der Waals surface area contributed by atoms with Crippen molar-refractivity contribution < 1.29 is 4.79 Å². The van der Waals surface area contributed by atoms with Gasteiger partial charge in [0.25, 0.3) is 0 Å². The summed E-state index contributed by atoms with van der Waals surface area (Å²) in [5.74, 6) is 0.0537. The normalized spacial score (nSPS) is 10.9. The van der Waals surface area contributed by atoms with Crippen LogP contribution in [0.4, 0.5) is 0 Å². The molecule has 0 unspecified atom stereocenters. The molecular weight excluding hydrogens is 308 g/mol. The Morgan fingerprint density at radius 3 is 2.68 bits per heavy atom. The molecule has 0 fully saturated rings. The molecule has 0 radical (unpaired) electrons. The van der Waals surface area contributed by atoms with E-state index in [1.165, 1.54) is 0 Å². The minimum atomic E-state index is 0.0537. The predicted octanol–water partition coefficient (Wildman–Crippen LogP) is 2.39. The van der Waals surface area contributed by atoms with Crippen LogP contribution in [0.1, 0.15) is 35.7 Å². The predicted molar refractivity (Wildman–Crippen MR) is 76.2 cm³/mol. The number of carbonyl (C=O) groups excluding carboxylic acids is 1. The number of hydrogen-bond acceptors (Lipinski definition) is 3. The number of carbonyl (C=O) groups is 1. The first-order valence-electron chi connectivity index (χ1n) is 6.33. The fourth-order valence-corrected chi connectivity index (χ4v) is 2.78. The summed E-state index contributed by atoms with van der Waals surface area (Å²) in [6.07, 6.45) is 2.82. The van der Waals surface area contributed by atoms with Gasteiger partial charge in [0.15, 0.2) is 5.78 Å². The van der Waals surface area contributed by atoms with Gasteiger partial charge in [0.05, 0.1) is 22.3 Å². The van der Waals surface area contributed by atoms with Crippen LogP contribution in [-0.2, 0) is 26.4 Å². The molecule has 102 valence electrons. The van der Waals surface area contributed by atoms with Crippen LogP contribution in [0.15, 0.2) is 16.7 Å². The second-order valence-electron chi connectivity index (χ2n) is 4.32. The van der Waals surface area contributed by atoms with E-state index in [-0.39, 0.29) is 5.78 Å². The van der Waals surface area contributed by atoms with E-state index in [9.17, 15) is 4.79 Å². The number of aryl methyl sites for hydroxylation is 3. The third-order valence-electron chi connectivity index (χ3n) is 3.13. The number of rotatable bonds is 5. The lowest BCUT2D eigenvalue weighted by Gasteiger charge is -2.05. The van der Waals surface area contributed by atoms with Crippen molar-refractivity contribution in [2.45, 2.75) is 33.2 Å². The van der Waals surface area contributed by atoms with Crippen molar-refractivity contribution in [1.82, 2.24) is 19.6 Å². The first kappa shape index (κ1) is 14.0. The number of nitrogens with zero attached hydrogens (tertiary/aromatic N) is 4. The van der Waals surface area contributed by atoms with Crippen LogP contribution in [0, 0.1) is 0 Å². The first-order chi connectivity index (χ1) is 9.08. The third-order valence-corrected chi connectivity index (χ3v) is 4.04. The van der Waals surface area contributed by atoms with Crippen LogP contribution in [-0.4, -0.2) is 25.3 Å². The molecule has 0 saturated heterocycles. The van der Waals surface area contributed by atoms with Gasteiger partial charge in [-0.05, 0) is 35.3 Å². The maximum Gasteiger partial charge on any atom is 0.186 e. The molecule has 0 bridgehead atoms. The van der Waals surface area contributed by atoms with E-state index in [0.29, 0.717) is 12.1 Å². The van der Waals surface area contributed by atoms with Crippen molar-refractivity contribution in [2.75, 3.05) is 0 Å². The molecule has 0 aliphatic heterocycles. The van der Waals surface area contributed by atoms with E-state index in [0.717, 1.165) is 28.8 Å². The maximum atomic E-state index is 12.3. The third kappa shape index (κ3) is 2.63. The standard InChI is InChI=1S/C13H17BrN4O/c1-4-9-13(14)11(18(5-2)16-9)8-12(19)10-6-7-15-17(10)3/h6-7H,4-5,8H2,1-3H3. The van der Waals surface area contributed by atoms with E-state index >= 15 is 0 Å². The Labute approximate surface area is 120 Å². The largest absolute Gasteiger partial charge is 0.292 e. The molecule has 6 heteroatoms. The van der Waals surface area contributed by atoms with E-state index in [4.69, 9.17) is 0 Å². The highest BCUT2D eigenvalue weighted by Gasteiger charge is 2.19. The minimum absolute atomic E-state index is 0.0537. The van der Waals surface area contributed by atoms with Gasteiger partial charge >= 0.3 is 0 Å². The lowest BCUT2D eigenvalue weighted by atomic mass is 10.1. The lowest BCUT2D eigenvalue weighted by Crippen LogP contribution is -2.13. The smallest absolute Gasteiger partial charge is 0.186 e. The Bertz CT molecular complexity index is 600. The zero-order valence-corrected chi connectivity index (χ0v) is 12.9. The molecule has 2 heterocycles. The molecule has 0 amide bonds. The average Bonchev–Trinajstić information content (AvgIpc) is 2.95. The highest BCUT2D eigenvalue weighted by atomic mass is 79.9. The number of ketones is 1. The minimum Gasteiger partial charge on any atom is -0.292 e. The van der Waals surface area contributed by atoms with Gasteiger partial charge in [-0.1, -0.05) is 6.92 Å². The van der Waals surface area contributed by atoms with Gasteiger partial charge in [0.2, 0.25) is 0 Å². The van der Waals surface area contributed by atoms with Crippen molar-refractivity contribution in [3.8, 4) is 0 Å². The van der Waals surface area contributed by atoms with Crippen LogP contribution in [0.2, 0.25) is 0 Å². The molecule has 2 rings (SSSR count). The molecule has 0 aromatic carbocycles. The fraction of sp³-hybridized carbons (Fsp3) is 0.462. The molecule has 5 nitrogen and oxygen atoms in total. The number of Topliss-reactive ketones (excluding diaryl/α,β-unsaturated/α-hetero) is 1. The van der Waals surface area contributed by atoms with Crippen molar-refractivity contribution >= 4 is 21.7 Å². The second-order valence-corrected chi connectivity index (χ2v) is 5.11. The molecule has 19 heavy (non-hydrogen) atoms. The van der Waals surface area contributed by atoms with Gasteiger partial charge in [-0.15, -0.1) is 0 Å². The lowest BCUT2D eigenvalue weighted by molar-refractivity contribution is 0.0981. The first-order valence-corrected chi connectivity index (χ1v) is 7.13. The molecule has 0 atom stereocenters. The highest BCUT2D eigenvalue weighted by molar-refractivity contribution is 9.10. The molecule has 0 spiro atoms. The fourth-order valence-electron chi connectivity index (χ4n) is 2.08. The summed E-state index contributed by atoms with van der Waals surface area (Å²) in [7, 11) is 1.77. The Kier molecular flexibility index (Phi) is 4.19. The number of hydrogen-bond donors (Lipinski definition) is 0. The quantitative estimate of drug-likeness (QED) is 0.793. The monoisotopic (exact) mass is 324 g/mol. The second kappa shape index (κ2) is 5.69. The average molecular weight is 325 g/mol. The molecule has 2 aromatic heterocycles. The summed E-state index contributed by atoms with van der Waals surface area (Å²) >= 11 is 3.56. The maximum absolute atomic E-state index is 12.3. The molecular formula is C13H17BrN4O. The molecule has 0 N–H and O–H groups in total. The summed E-state index contributed by atoms with van der Waals surface area (Å²) in [5.41, 5.74) is 2.55. The summed E-state index contributed by atoms with van der Waals surface area (Å²) in [5, 5.41) is 8.53. The van der Waals surface area contributed by atoms with Crippen molar-refractivity contribution in [1.29, 1.82) is 0 Å². The number of halogens is 1. The summed E-state index contributed by atoms with van der Waals surface area (Å²) in [4.78, 5) is 12.3. The molecule has 2 aromatic rings. The van der Waals surface area contributed by atoms with E-state index in [1.54, 1.807) is 24.0 Å². The van der Waals surface area contributed by atoms with Gasteiger partial charge in [0.1, 0.15) is 5.69 Å². The topological polar surface area (TPSA) is 52.7 Å². The highest BCUT2D eigenvalue weighted by Crippen LogP contribution is 2.23. The summed E-state index contributed by atoms with van der Waals surface area (Å²) < 4.78 is 4.44. The van der Waals surface area contributed by atoms with Gasteiger partial charge in [-0.2, -0.15) is 10.2 Å². The van der Waals surface area contributed by atoms with E-state index in [1.807, 2.05) is 11.6 Å². The number of aromatic nitrogens is 4. The Balaban J connectivity index is 2.31. The summed E-state index contributed by atoms with van der Waals surface area (Å²) in [6, 6.07) is 1.74. The zero-order valence-electron chi connectivity index (χ0n) is 11.4. The van der Waals surface area contributed by atoms with Crippen molar-refractivity contribution in [3.05, 3.63) is 33.8 Å². The Hall–Kier alpha value is -1.43. The van der Waals surface area contributed by atoms with Crippen LogP contribution < -0.4 is 0 Å². The van der Waals surface area contributed by atoms with Crippen LogP contribution in [0.25, 0.3) is 0 Å². The molecule has 0 aliphatic carbocycles. The van der Waals surface area contributed by atoms with Crippen LogP contribution in [0.5, 0.6) is 0 Å². The van der Waals surface area contributed by atoms with E-state index in [2.05, 4.69) is 33.1 Å². The SMILES string of the molecule is CCc1nn(CC)c(CC(=O)c2ccnn2C)c1Br. The molecule has 0 saturated carbocycles. The van der Waals surface area contributed by atoms with Gasteiger partial charge in [0, 0.05) is 19.8 Å². The van der Waals surface area contributed by atoms with Crippen LogP contribution >= 0.6 is 15.9 Å². The summed E-state index contributed by atoms with van der Waals surface area (Å²) in [6.45, 7) is 4.84. The van der Waals surface area contributed by atoms with Gasteiger partial charge < -0.3 is 0 Å². The van der Waals surface area contributed by atoms with Crippen molar-refractivity contribution in [2.24, 2.45) is 7.05 Å². The van der Waals surface area contributed by atoms with Gasteiger partial charge in [-0.25, -0.2) is 0 Å². The van der Waals surface area contributed by atoms with E-state index < -0.39 is 0 Å².